The molecule has 0 saturated heterocycles. The van der Waals surface area contributed by atoms with Crippen molar-refractivity contribution in [3.8, 4) is 22.3 Å². The Morgan fingerprint density at radius 1 is 0.581 bits per heavy atom. The van der Waals surface area contributed by atoms with Crippen LogP contribution in [0.5, 0.6) is 0 Å². The molecule has 4 nitrogen and oxygen atoms in total. The van der Waals surface area contributed by atoms with Crippen LogP contribution in [0.25, 0.3) is 53.2 Å². The number of hydrogen-bond acceptors (Lipinski definition) is 7. The van der Waals surface area contributed by atoms with Crippen molar-refractivity contribution in [2.75, 3.05) is 11.5 Å². The van der Waals surface area contributed by atoms with Gasteiger partial charge in [-0.05, 0) is 73.9 Å². The molecule has 0 fully saturated rings. The van der Waals surface area contributed by atoms with E-state index in [0.717, 1.165) is 44.1 Å². The van der Waals surface area contributed by atoms with E-state index in [2.05, 4.69) is 100 Å². The molecule has 2 aliphatic rings. The van der Waals surface area contributed by atoms with E-state index in [4.69, 9.17) is 20.0 Å². The van der Waals surface area contributed by atoms with Crippen LogP contribution >= 0.6 is 34.9 Å². The van der Waals surface area contributed by atoms with Gasteiger partial charge in [0.05, 0.1) is 22.5 Å². The molecule has 0 N–H and O–H groups in total. The number of aliphatic imine (C=N–C) groups is 2. The number of aromatic nitrogens is 2. The molecule has 0 aliphatic carbocycles. The van der Waals surface area contributed by atoms with E-state index in [1.54, 1.807) is 23.5 Å². The van der Waals surface area contributed by atoms with Crippen molar-refractivity contribution in [1.29, 1.82) is 0 Å². The van der Waals surface area contributed by atoms with Crippen molar-refractivity contribution in [3.63, 3.8) is 0 Å². The summed E-state index contributed by atoms with van der Waals surface area (Å²) in [6.45, 7) is 8.70. The lowest BCUT2D eigenvalue weighted by atomic mass is 9.95. The normalized spacial score (nSPS) is 17.6. The Morgan fingerprint density at radius 2 is 1.19 bits per heavy atom. The van der Waals surface area contributed by atoms with Gasteiger partial charge in [-0.25, -0.2) is 0 Å². The lowest BCUT2D eigenvalue weighted by Gasteiger charge is -2.10. The van der Waals surface area contributed by atoms with Gasteiger partial charge in [0.1, 0.15) is 10.1 Å². The Kier molecular flexibility index (Phi) is 6.30. The zero-order valence-electron chi connectivity index (χ0n) is 24.5. The molecule has 3 aromatic carbocycles. The molecule has 0 spiro atoms. The molecule has 3 aromatic heterocycles. The SMILES string of the molecule is CC1(C)CSC(c2ccc(-c3ccc4c(c3)sc3cc(-c5ccc(C6=NC(C)(C)CS6)nc5)c5ccccc5c34)cn2)=N1. The molecule has 0 saturated carbocycles. The highest BCUT2D eigenvalue weighted by atomic mass is 32.2. The first-order valence-corrected chi connectivity index (χ1v) is 17.3. The molecule has 212 valence electrons. The van der Waals surface area contributed by atoms with E-state index >= 15 is 0 Å². The van der Waals surface area contributed by atoms with Crippen LogP contribution in [-0.2, 0) is 0 Å². The van der Waals surface area contributed by atoms with Crippen LogP contribution in [0.1, 0.15) is 39.1 Å². The Hall–Kier alpha value is -3.52. The minimum Gasteiger partial charge on any atom is -0.269 e. The van der Waals surface area contributed by atoms with Crippen LogP contribution in [-0.4, -0.2) is 42.6 Å². The fourth-order valence-electron chi connectivity index (χ4n) is 5.86. The number of rotatable bonds is 4. The second kappa shape index (κ2) is 10.0. The highest BCUT2D eigenvalue weighted by Gasteiger charge is 2.27. The van der Waals surface area contributed by atoms with Gasteiger partial charge in [0.2, 0.25) is 0 Å². The molecule has 0 bridgehead atoms. The second-order valence-corrected chi connectivity index (χ2v) is 15.6. The van der Waals surface area contributed by atoms with Crippen LogP contribution in [0.4, 0.5) is 0 Å². The molecule has 2 aliphatic heterocycles. The lowest BCUT2D eigenvalue weighted by Crippen LogP contribution is -2.15. The minimum atomic E-state index is -0.0239. The predicted molar refractivity (Wildman–Crippen MR) is 189 cm³/mol. The Bertz CT molecular complexity index is 2120. The Balaban J connectivity index is 1.19. The monoisotopic (exact) mass is 614 g/mol. The number of fused-ring (bicyclic) bond motifs is 5. The fourth-order valence-corrected chi connectivity index (χ4v) is 9.33. The first-order valence-electron chi connectivity index (χ1n) is 14.5. The molecule has 0 atom stereocenters. The molecule has 0 radical (unpaired) electrons. The van der Waals surface area contributed by atoms with Gasteiger partial charge in [0, 0.05) is 55.2 Å². The van der Waals surface area contributed by atoms with Crippen molar-refractivity contribution < 1.29 is 0 Å². The molecular formula is C36H30N4S3. The number of thioether (sulfide) groups is 2. The van der Waals surface area contributed by atoms with Gasteiger partial charge in [-0.1, -0.05) is 48.5 Å². The number of thiophene rings is 1. The topological polar surface area (TPSA) is 50.5 Å². The van der Waals surface area contributed by atoms with Gasteiger partial charge in [-0.2, -0.15) is 0 Å². The summed E-state index contributed by atoms with van der Waals surface area (Å²) in [6, 6.07) is 26.5. The smallest absolute Gasteiger partial charge is 0.117 e. The van der Waals surface area contributed by atoms with Crippen molar-refractivity contribution in [2.45, 2.75) is 38.8 Å². The van der Waals surface area contributed by atoms with E-state index < -0.39 is 0 Å². The van der Waals surface area contributed by atoms with Gasteiger partial charge < -0.3 is 0 Å². The van der Waals surface area contributed by atoms with Gasteiger partial charge in [-0.3, -0.25) is 20.0 Å². The summed E-state index contributed by atoms with van der Waals surface area (Å²) in [4.78, 5) is 19.4. The summed E-state index contributed by atoms with van der Waals surface area (Å²) in [5.41, 5.74) is 6.52. The van der Waals surface area contributed by atoms with Crippen LogP contribution in [0.15, 0.2) is 95.2 Å². The second-order valence-electron chi connectivity index (χ2n) is 12.6. The van der Waals surface area contributed by atoms with Crippen molar-refractivity contribution in [3.05, 3.63) is 96.6 Å². The van der Waals surface area contributed by atoms with Gasteiger partial charge in [0.25, 0.3) is 0 Å². The predicted octanol–water partition coefficient (Wildman–Crippen LogP) is 9.88. The molecular weight excluding hydrogens is 585 g/mol. The lowest BCUT2D eigenvalue weighted by molar-refractivity contribution is 0.604. The maximum Gasteiger partial charge on any atom is 0.117 e. The van der Waals surface area contributed by atoms with Crippen LogP contribution in [0.2, 0.25) is 0 Å². The third kappa shape index (κ3) is 4.88. The quantitative estimate of drug-likeness (QED) is 0.198. The average molecular weight is 615 g/mol. The number of nitrogens with zero attached hydrogens (tertiary/aromatic N) is 4. The summed E-state index contributed by atoms with van der Waals surface area (Å²) < 4.78 is 2.57. The average Bonchev–Trinajstić information content (AvgIpc) is 3.69. The van der Waals surface area contributed by atoms with E-state index in [1.165, 1.54) is 42.1 Å². The molecule has 6 aromatic rings. The highest BCUT2D eigenvalue weighted by Crippen LogP contribution is 2.44. The molecule has 8 rings (SSSR count). The first kappa shape index (κ1) is 27.1. The molecule has 7 heteroatoms. The largest absolute Gasteiger partial charge is 0.269 e. The van der Waals surface area contributed by atoms with Crippen molar-refractivity contribution in [1.82, 2.24) is 9.97 Å². The van der Waals surface area contributed by atoms with Crippen LogP contribution in [0, 0.1) is 0 Å². The third-order valence-electron chi connectivity index (χ3n) is 8.02. The number of hydrogen-bond donors (Lipinski definition) is 0. The Labute approximate surface area is 263 Å². The van der Waals surface area contributed by atoms with E-state index in [0.29, 0.717) is 0 Å². The molecule has 0 amide bonds. The zero-order valence-corrected chi connectivity index (χ0v) is 27.0. The van der Waals surface area contributed by atoms with Crippen molar-refractivity contribution in [2.24, 2.45) is 9.98 Å². The Morgan fingerprint density at radius 3 is 1.77 bits per heavy atom. The number of pyridine rings is 2. The highest BCUT2D eigenvalue weighted by molar-refractivity contribution is 8.15. The van der Waals surface area contributed by atoms with E-state index in [-0.39, 0.29) is 11.1 Å². The fraction of sp³-hybridized carbons (Fsp3) is 0.222. The van der Waals surface area contributed by atoms with E-state index in [1.807, 2.05) is 23.7 Å². The maximum atomic E-state index is 4.87. The van der Waals surface area contributed by atoms with Crippen LogP contribution in [0.3, 0.4) is 0 Å². The van der Waals surface area contributed by atoms with Gasteiger partial charge in [0.15, 0.2) is 0 Å². The third-order valence-corrected chi connectivity index (χ3v) is 12.0. The molecule has 43 heavy (non-hydrogen) atoms. The van der Waals surface area contributed by atoms with Crippen LogP contribution < -0.4 is 0 Å². The summed E-state index contributed by atoms with van der Waals surface area (Å²) in [5, 5.41) is 7.22. The van der Waals surface area contributed by atoms with Gasteiger partial charge >= 0.3 is 0 Å². The van der Waals surface area contributed by atoms with Gasteiger partial charge in [-0.15, -0.1) is 34.9 Å². The maximum absolute atomic E-state index is 4.87. The summed E-state index contributed by atoms with van der Waals surface area (Å²) in [5.74, 6) is 2.00. The first-order chi connectivity index (χ1) is 20.7. The summed E-state index contributed by atoms with van der Waals surface area (Å²) in [6.07, 6.45) is 4.00. The van der Waals surface area contributed by atoms with E-state index in [9.17, 15) is 0 Å². The standard InChI is InChI=1S/C36H30N4S3/c1-35(2)19-41-33(39-35)28-13-10-22(17-37-28)21-9-12-26-30(15-21)43-31-16-27(24-7-5-6-8-25(24)32(26)31)23-11-14-29(38-18-23)34-40-36(3,4)20-42-34/h5-18H,19-20H2,1-4H3. The summed E-state index contributed by atoms with van der Waals surface area (Å²) >= 11 is 5.44. The summed E-state index contributed by atoms with van der Waals surface area (Å²) in [7, 11) is 0. The molecule has 0 unspecified atom stereocenters. The number of benzene rings is 3. The molecule has 5 heterocycles. The minimum absolute atomic E-state index is 0.0159. The van der Waals surface area contributed by atoms with Crippen molar-refractivity contribution >= 4 is 75.9 Å². The zero-order chi connectivity index (χ0) is 29.3.